The second kappa shape index (κ2) is 6.67. The van der Waals surface area contributed by atoms with Crippen LogP contribution in [0.25, 0.3) is 0 Å². The highest BCUT2D eigenvalue weighted by Gasteiger charge is 2.16. The predicted octanol–water partition coefficient (Wildman–Crippen LogP) is -1.12. The zero-order chi connectivity index (χ0) is 6.69. The van der Waals surface area contributed by atoms with Crippen molar-refractivity contribution in [1.29, 1.82) is 0 Å². The molecule has 1 aliphatic heterocycles. The molecule has 0 aromatic heterocycles. The van der Waals surface area contributed by atoms with Gasteiger partial charge in [0, 0.05) is 19.6 Å². The van der Waals surface area contributed by atoms with Gasteiger partial charge in [-0.2, -0.15) is 0 Å². The van der Waals surface area contributed by atoms with E-state index in [9.17, 15) is 4.79 Å². The molecule has 1 amide bonds. The molecule has 1 saturated heterocycles. The standard InChI is InChI=1S/C5H11N3O.2ClH/c6-5(9)4-3-7-1-2-8-4;;/h4,7-8H,1-3H2,(H2,6,9);2*1H. The first kappa shape index (κ1) is 13.6. The zero-order valence-corrected chi connectivity index (χ0v) is 7.63. The molecule has 1 atom stereocenters. The molecule has 0 spiro atoms. The van der Waals surface area contributed by atoms with Crippen molar-refractivity contribution in [1.82, 2.24) is 10.6 Å². The van der Waals surface area contributed by atoms with E-state index < -0.39 is 0 Å². The average molecular weight is 202 g/mol. The molecule has 4 nitrogen and oxygen atoms in total. The van der Waals surface area contributed by atoms with Gasteiger partial charge in [0.2, 0.25) is 5.91 Å². The number of hydrogen-bond acceptors (Lipinski definition) is 3. The van der Waals surface area contributed by atoms with Gasteiger partial charge in [0.05, 0.1) is 6.04 Å². The first-order valence-electron chi connectivity index (χ1n) is 3.04. The lowest BCUT2D eigenvalue weighted by Crippen LogP contribution is -2.54. The van der Waals surface area contributed by atoms with Crippen LogP contribution in [0.3, 0.4) is 0 Å². The molecule has 0 aliphatic carbocycles. The molecule has 0 saturated carbocycles. The highest BCUT2D eigenvalue weighted by atomic mass is 35.5. The van der Waals surface area contributed by atoms with Gasteiger partial charge in [0.1, 0.15) is 0 Å². The van der Waals surface area contributed by atoms with Crippen LogP contribution in [0.15, 0.2) is 0 Å². The van der Waals surface area contributed by atoms with E-state index in [4.69, 9.17) is 5.73 Å². The molecule has 0 aromatic rings. The lowest BCUT2D eigenvalue weighted by atomic mass is 10.2. The Balaban J connectivity index is 0. The monoisotopic (exact) mass is 201 g/mol. The number of piperazine rings is 1. The van der Waals surface area contributed by atoms with Crippen LogP contribution in [0.2, 0.25) is 0 Å². The van der Waals surface area contributed by atoms with Gasteiger partial charge < -0.3 is 16.4 Å². The maximum absolute atomic E-state index is 10.5. The molecule has 0 aromatic carbocycles. The fraction of sp³-hybridized carbons (Fsp3) is 0.800. The fourth-order valence-corrected chi connectivity index (χ4v) is 0.855. The van der Waals surface area contributed by atoms with Crippen LogP contribution < -0.4 is 16.4 Å². The van der Waals surface area contributed by atoms with Crippen molar-refractivity contribution in [2.24, 2.45) is 5.73 Å². The van der Waals surface area contributed by atoms with E-state index >= 15 is 0 Å². The normalized spacial score (nSPS) is 22.7. The summed E-state index contributed by atoms with van der Waals surface area (Å²) in [7, 11) is 0. The molecule has 6 heteroatoms. The summed E-state index contributed by atoms with van der Waals surface area (Å²) < 4.78 is 0. The summed E-state index contributed by atoms with van der Waals surface area (Å²) in [5, 5.41) is 6.03. The van der Waals surface area contributed by atoms with Crippen LogP contribution in [0.1, 0.15) is 0 Å². The first-order chi connectivity index (χ1) is 4.30. The van der Waals surface area contributed by atoms with E-state index in [1.807, 2.05) is 0 Å². The van der Waals surface area contributed by atoms with E-state index in [0.717, 1.165) is 13.1 Å². The van der Waals surface area contributed by atoms with Gasteiger partial charge in [-0.05, 0) is 0 Å². The van der Waals surface area contributed by atoms with E-state index in [0.29, 0.717) is 6.54 Å². The Hall–Kier alpha value is -0.0300. The summed E-state index contributed by atoms with van der Waals surface area (Å²) in [5.41, 5.74) is 5.03. The molecule has 68 valence electrons. The number of rotatable bonds is 1. The second-order valence-corrected chi connectivity index (χ2v) is 2.11. The minimum Gasteiger partial charge on any atom is -0.368 e. The van der Waals surface area contributed by atoms with Crippen LogP contribution in [-0.2, 0) is 4.79 Å². The third kappa shape index (κ3) is 4.42. The average Bonchev–Trinajstić information content (AvgIpc) is 1.90. The van der Waals surface area contributed by atoms with Gasteiger partial charge in [-0.1, -0.05) is 0 Å². The van der Waals surface area contributed by atoms with Crippen molar-refractivity contribution in [3.05, 3.63) is 0 Å². The molecule has 1 rings (SSSR count). The number of primary amides is 1. The predicted molar refractivity (Wildman–Crippen MR) is 48.4 cm³/mol. The fourth-order valence-electron chi connectivity index (χ4n) is 0.855. The molecule has 0 radical (unpaired) electrons. The summed E-state index contributed by atoms with van der Waals surface area (Å²) in [4.78, 5) is 10.5. The zero-order valence-electron chi connectivity index (χ0n) is 6.00. The maximum atomic E-state index is 10.5. The molecule has 1 aliphatic rings. The Morgan fingerprint density at radius 2 is 2.00 bits per heavy atom. The summed E-state index contributed by atoms with van der Waals surface area (Å²) in [5.74, 6) is -0.276. The summed E-state index contributed by atoms with van der Waals surface area (Å²) in [6.07, 6.45) is 0. The highest BCUT2D eigenvalue weighted by molar-refractivity contribution is 5.85. The topological polar surface area (TPSA) is 67.2 Å². The van der Waals surface area contributed by atoms with Gasteiger partial charge in [0.15, 0.2) is 0 Å². The summed E-state index contributed by atoms with van der Waals surface area (Å²) in [6, 6.07) is -0.168. The first-order valence-corrected chi connectivity index (χ1v) is 3.04. The largest absolute Gasteiger partial charge is 0.368 e. The quantitative estimate of drug-likeness (QED) is 0.504. The van der Waals surface area contributed by atoms with Crippen molar-refractivity contribution in [2.75, 3.05) is 19.6 Å². The Morgan fingerprint density at radius 3 is 2.27 bits per heavy atom. The van der Waals surface area contributed by atoms with Crippen LogP contribution in [0, 0.1) is 0 Å². The molecule has 1 heterocycles. The van der Waals surface area contributed by atoms with Crippen molar-refractivity contribution in [3.63, 3.8) is 0 Å². The number of carbonyl (C=O) groups is 1. The Morgan fingerprint density at radius 1 is 1.36 bits per heavy atom. The molecular formula is C5H13Cl2N3O. The number of nitrogens with one attached hydrogen (secondary N) is 2. The third-order valence-corrected chi connectivity index (χ3v) is 1.38. The minimum absolute atomic E-state index is 0. The highest BCUT2D eigenvalue weighted by Crippen LogP contribution is 1.83. The van der Waals surface area contributed by atoms with Gasteiger partial charge in [-0.15, -0.1) is 24.8 Å². The number of amides is 1. The van der Waals surface area contributed by atoms with E-state index in [-0.39, 0.29) is 36.8 Å². The Kier molecular flexibility index (Phi) is 8.21. The number of carbonyl (C=O) groups excluding carboxylic acids is 1. The van der Waals surface area contributed by atoms with Crippen molar-refractivity contribution in [2.45, 2.75) is 6.04 Å². The molecule has 1 unspecified atom stereocenters. The molecule has 11 heavy (non-hydrogen) atoms. The van der Waals surface area contributed by atoms with E-state index in [1.54, 1.807) is 0 Å². The molecular weight excluding hydrogens is 189 g/mol. The van der Waals surface area contributed by atoms with Crippen molar-refractivity contribution >= 4 is 30.7 Å². The maximum Gasteiger partial charge on any atom is 0.235 e. The summed E-state index contributed by atoms with van der Waals surface area (Å²) in [6.45, 7) is 2.41. The Bertz CT molecular complexity index is 116. The number of halogens is 2. The molecule has 1 fully saturated rings. The van der Waals surface area contributed by atoms with Gasteiger partial charge in [-0.3, -0.25) is 4.79 Å². The number of nitrogens with two attached hydrogens (primary N) is 1. The van der Waals surface area contributed by atoms with E-state index in [2.05, 4.69) is 10.6 Å². The van der Waals surface area contributed by atoms with Crippen LogP contribution in [-0.4, -0.2) is 31.6 Å². The van der Waals surface area contributed by atoms with Crippen molar-refractivity contribution < 1.29 is 4.79 Å². The minimum atomic E-state index is -0.276. The van der Waals surface area contributed by atoms with Gasteiger partial charge >= 0.3 is 0 Å². The SMILES string of the molecule is Cl.Cl.NC(=O)C1CNCCN1. The lowest BCUT2D eigenvalue weighted by molar-refractivity contribution is -0.120. The molecule has 0 bridgehead atoms. The third-order valence-electron chi connectivity index (χ3n) is 1.38. The van der Waals surface area contributed by atoms with Crippen LogP contribution >= 0.6 is 24.8 Å². The molecule has 4 N–H and O–H groups in total. The van der Waals surface area contributed by atoms with Crippen LogP contribution in [0.4, 0.5) is 0 Å². The second-order valence-electron chi connectivity index (χ2n) is 2.11. The van der Waals surface area contributed by atoms with Crippen molar-refractivity contribution in [3.8, 4) is 0 Å². The summed E-state index contributed by atoms with van der Waals surface area (Å²) >= 11 is 0. The van der Waals surface area contributed by atoms with E-state index in [1.165, 1.54) is 0 Å². The number of hydrogen-bond donors (Lipinski definition) is 3. The van der Waals surface area contributed by atoms with Gasteiger partial charge in [-0.25, -0.2) is 0 Å². The van der Waals surface area contributed by atoms with Crippen LogP contribution in [0.5, 0.6) is 0 Å². The smallest absolute Gasteiger partial charge is 0.235 e. The Labute approximate surface area is 78.1 Å². The lowest BCUT2D eigenvalue weighted by Gasteiger charge is -2.21. The van der Waals surface area contributed by atoms with Gasteiger partial charge in [0.25, 0.3) is 0 Å².